The number of benzene rings is 2. The fraction of sp³-hybridized carbons (Fsp3) is 0.250. The average Bonchev–Trinajstić information content (AvgIpc) is 3.34. The Hall–Kier alpha value is -2.78. The Morgan fingerprint density at radius 3 is 2.59 bits per heavy atom. The minimum atomic E-state index is -0.387. The Bertz CT molecular complexity index is 1100. The van der Waals surface area contributed by atoms with E-state index in [1.165, 1.54) is 28.7 Å². The number of carbonyl (C=O) groups is 1. The first-order valence-corrected chi connectivity index (χ1v) is 10.9. The van der Waals surface area contributed by atoms with Crippen LogP contribution in [0.3, 0.4) is 0 Å². The molecule has 0 aliphatic rings. The highest BCUT2D eigenvalue weighted by Gasteiger charge is 2.20. The Balaban J connectivity index is 1.46. The lowest BCUT2D eigenvalue weighted by Crippen LogP contribution is -2.22. The van der Waals surface area contributed by atoms with E-state index >= 15 is 0 Å². The molecule has 2 heterocycles. The summed E-state index contributed by atoms with van der Waals surface area (Å²) in [6, 6.07) is 15.9. The van der Waals surface area contributed by atoms with Crippen molar-refractivity contribution in [2.45, 2.75) is 37.1 Å². The number of fused-ring (bicyclic) bond motifs is 1. The molecule has 0 bridgehead atoms. The van der Waals surface area contributed by atoms with Crippen LogP contribution in [0.1, 0.15) is 32.3 Å². The van der Waals surface area contributed by atoms with Crippen LogP contribution in [0.5, 0.6) is 0 Å². The number of carbonyl (C=O) groups excluding carboxylic acids is 1. The van der Waals surface area contributed by atoms with Crippen molar-refractivity contribution >= 4 is 44.4 Å². The molecule has 2 aromatic heterocycles. The maximum absolute atomic E-state index is 12.6. The van der Waals surface area contributed by atoms with Crippen LogP contribution in [0.25, 0.3) is 15.9 Å². The van der Waals surface area contributed by atoms with Crippen molar-refractivity contribution in [2.75, 3.05) is 5.32 Å². The zero-order valence-electron chi connectivity index (χ0n) is 16.2. The lowest BCUT2D eigenvalue weighted by atomic mass is 10.0. The third-order valence-electron chi connectivity index (χ3n) is 4.42. The van der Waals surface area contributed by atoms with Crippen LogP contribution in [0.15, 0.2) is 53.7 Å². The van der Waals surface area contributed by atoms with Crippen molar-refractivity contribution in [3.8, 4) is 5.69 Å². The molecule has 7 nitrogen and oxygen atoms in total. The van der Waals surface area contributed by atoms with Gasteiger partial charge in [-0.1, -0.05) is 61.2 Å². The smallest absolute Gasteiger partial charge is 0.239 e. The van der Waals surface area contributed by atoms with E-state index in [2.05, 4.69) is 51.8 Å². The number of hydrogen-bond donors (Lipinski definition) is 1. The number of nitrogens with zero attached hydrogens (tertiary/aromatic N) is 5. The molecule has 148 valence electrons. The molecule has 0 saturated heterocycles. The molecular weight excluding hydrogens is 404 g/mol. The third-order valence-corrected chi connectivity index (χ3v) is 6.41. The summed E-state index contributed by atoms with van der Waals surface area (Å²) in [6.07, 6.45) is 0. The molecular formula is C20H20N6OS2. The van der Waals surface area contributed by atoms with E-state index in [1.807, 2.05) is 43.3 Å². The fourth-order valence-corrected chi connectivity index (χ4v) is 4.44. The van der Waals surface area contributed by atoms with Crippen molar-refractivity contribution in [3.05, 3.63) is 54.1 Å². The molecule has 1 N–H and O–H groups in total. The van der Waals surface area contributed by atoms with Gasteiger partial charge < -0.3 is 5.32 Å². The number of rotatable bonds is 6. The second kappa shape index (κ2) is 8.30. The summed E-state index contributed by atoms with van der Waals surface area (Å²) in [4.78, 5) is 17.1. The van der Waals surface area contributed by atoms with Crippen LogP contribution in [-0.4, -0.2) is 36.3 Å². The van der Waals surface area contributed by atoms with Gasteiger partial charge in [0.25, 0.3) is 0 Å². The maximum atomic E-state index is 12.6. The number of hydrogen-bond acceptors (Lipinski definition) is 7. The number of thioether (sulfide) groups is 1. The van der Waals surface area contributed by atoms with Crippen LogP contribution in [0, 0.1) is 0 Å². The number of nitrogens with one attached hydrogen (secondary N) is 1. The maximum Gasteiger partial charge on any atom is 0.239 e. The zero-order valence-corrected chi connectivity index (χ0v) is 17.9. The van der Waals surface area contributed by atoms with Crippen molar-refractivity contribution in [1.82, 2.24) is 25.2 Å². The van der Waals surface area contributed by atoms with E-state index in [4.69, 9.17) is 0 Å². The molecule has 0 saturated carbocycles. The van der Waals surface area contributed by atoms with Crippen LogP contribution >= 0.6 is 23.1 Å². The summed E-state index contributed by atoms with van der Waals surface area (Å²) in [5, 5.41) is 15.6. The second-order valence-corrected chi connectivity index (χ2v) is 9.19. The molecule has 1 unspecified atom stereocenters. The lowest BCUT2D eigenvalue weighted by Gasteiger charge is -2.11. The largest absolute Gasteiger partial charge is 0.301 e. The Kier molecular flexibility index (Phi) is 5.59. The summed E-state index contributed by atoms with van der Waals surface area (Å²) in [5.41, 5.74) is 2.99. The molecule has 0 aliphatic carbocycles. The van der Waals surface area contributed by atoms with Gasteiger partial charge >= 0.3 is 0 Å². The van der Waals surface area contributed by atoms with E-state index in [0.29, 0.717) is 16.2 Å². The molecule has 4 aromatic rings. The summed E-state index contributed by atoms with van der Waals surface area (Å²) < 4.78 is 2.69. The first-order chi connectivity index (χ1) is 14.0. The predicted molar refractivity (Wildman–Crippen MR) is 117 cm³/mol. The fourth-order valence-electron chi connectivity index (χ4n) is 2.76. The molecule has 1 amide bonds. The molecule has 9 heteroatoms. The second-order valence-electron chi connectivity index (χ2n) is 6.86. The molecule has 1 atom stereocenters. The van der Waals surface area contributed by atoms with Gasteiger partial charge in [0.15, 0.2) is 5.13 Å². The first-order valence-electron chi connectivity index (χ1n) is 9.23. The van der Waals surface area contributed by atoms with E-state index in [0.717, 1.165) is 15.9 Å². The van der Waals surface area contributed by atoms with Gasteiger partial charge in [-0.05, 0) is 53.1 Å². The topological polar surface area (TPSA) is 85.6 Å². The minimum absolute atomic E-state index is 0.140. The molecule has 4 rings (SSSR count). The Morgan fingerprint density at radius 1 is 1.10 bits per heavy atom. The molecule has 0 aliphatic heterocycles. The van der Waals surface area contributed by atoms with E-state index in [9.17, 15) is 4.79 Å². The quantitative estimate of drug-likeness (QED) is 0.458. The summed E-state index contributed by atoms with van der Waals surface area (Å²) in [5.74, 6) is 0.316. The van der Waals surface area contributed by atoms with Gasteiger partial charge in [-0.25, -0.2) is 4.98 Å². The third kappa shape index (κ3) is 4.30. The minimum Gasteiger partial charge on any atom is -0.301 e. The number of thiazole rings is 1. The van der Waals surface area contributed by atoms with Crippen molar-refractivity contribution in [1.29, 1.82) is 0 Å². The van der Waals surface area contributed by atoms with E-state index in [1.54, 1.807) is 4.68 Å². The normalized spacial score (nSPS) is 12.4. The monoisotopic (exact) mass is 424 g/mol. The van der Waals surface area contributed by atoms with E-state index in [-0.39, 0.29) is 11.2 Å². The van der Waals surface area contributed by atoms with Crippen LogP contribution in [0.4, 0.5) is 5.13 Å². The van der Waals surface area contributed by atoms with Gasteiger partial charge in [0.2, 0.25) is 11.1 Å². The van der Waals surface area contributed by atoms with Gasteiger partial charge in [0.05, 0.1) is 21.2 Å². The van der Waals surface area contributed by atoms with Crippen LogP contribution < -0.4 is 5.32 Å². The summed E-state index contributed by atoms with van der Waals surface area (Å²) >= 11 is 2.76. The number of anilines is 1. The molecule has 29 heavy (non-hydrogen) atoms. The van der Waals surface area contributed by atoms with Gasteiger partial charge in [-0.3, -0.25) is 4.79 Å². The lowest BCUT2D eigenvalue weighted by molar-refractivity contribution is -0.115. The average molecular weight is 425 g/mol. The highest BCUT2D eigenvalue weighted by atomic mass is 32.2. The van der Waals surface area contributed by atoms with Crippen LogP contribution in [-0.2, 0) is 4.79 Å². The van der Waals surface area contributed by atoms with Crippen molar-refractivity contribution < 1.29 is 4.79 Å². The standard InChI is InChI=1S/C20H20N6OS2/c1-12(2)14-8-10-15(11-9-14)26-20(23-24-25-26)28-13(3)18(27)22-19-21-16-6-4-5-7-17(16)29-19/h4-13H,1-3H3,(H,21,22,27). The number of aromatic nitrogens is 5. The molecule has 0 spiro atoms. The highest BCUT2D eigenvalue weighted by Crippen LogP contribution is 2.28. The van der Waals surface area contributed by atoms with Crippen LogP contribution in [0.2, 0.25) is 0 Å². The van der Waals surface area contributed by atoms with E-state index < -0.39 is 0 Å². The number of amides is 1. The number of tetrazole rings is 1. The Morgan fingerprint density at radius 2 is 1.86 bits per heavy atom. The molecule has 0 radical (unpaired) electrons. The van der Waals surface area contributed by atoms with Gasteiger partial charge in [0.1, 0.15) is 0 Å². The van der Waals surface area contributed by atoms with Crippen molar-refractivity contribution in [2.24, 2.45) is 0 Å². The Labute approximate surface area is 176 Å². The number of para-hydroxylation sites is 1. The summed E-state index contributed by atoms with van der Waals surface area (Å²) in [7, 11) is 0. The SMILES string of the molecule is CC(Sc1nnnn1-c1ccc(C(C)C)cc1)C(=O)Nc1nc2ccccc2s1. The first kappa shape index (κ1) is 19.5. The molecule has 0 fully saturated rings. The van der Waals surface area contributed by atoms with Gasteiger partial charge in [-0.15, -0.1) is 5.10 Å². The van der Waals surface area contributed by atoms with Crippen molar-refractivity contribution in [3.63, 3.8) is 0 Å². The van der Waals surface area contributed by atoms with Gasteiger partial charge in [-0.2, -0.15) is 4.68 Å². The predicted octanol–water partition coefficient (Wildman–Crippen LogP) is 4.51. The zero-order chi connectivity index (χ0) is 20.4. The van der Waals surface area contributed by atoms with Gasteiger partial charge in [0, 0.05) is 0 Å². The summed E-state index contributed by atoms with van der Waals surface area (Å²) in [6.45, 7) is 6.13. The highest BCUT2D eigenvalue weighted by molar-refractivity contribution is 8.00. The molecule has 2 aromatic carbocycles.